The topological polar surface area (TPSA) is 160 Å². The predicted molar refractivity (Wildman–Crippen MR) is 194 cm³/mol. The van der Waals surface area contributed by atoms with Crippen molar-refractivity contribution in [3.05, 3.63) is 101 Å². The molecule has 0 bridgehead atoms. The summed E-state index contributed by atoms with van der Waals surface area (Å²) >= 11 is 0. The summed E-state index contributed by atoms with van der Waals surface area (Å²) in [5.74, 6) is -1.51. The van der Waals surface area contributed by atoms with E-state index in [1.54, 1.807) is 61.5 Å². The molecule has 3 rings (SSSR count). The fourth-order valence-corrected chi connectivity index (χ4v) is 6.80. The van der Waals surface area contributed by atoms with Gasteiger partial charge in [-0.1, -0.05) is 63.2 Å². The molecule has 2 atom stereocenters. The van der Waals surface area contributed by atoms with Crippen LogP contribution in [0.25, 0.3) is 0 Å². The number of aliphatic hydroxyl groups excluding tert-OH is 1. The molecular formula is C37H51N5O7S. The molecule has 13 heteroatoms. The van der Waals surface area contributed by atoms with Gasteiger partial charge in [0.2, 0.25) is 10.0 Å². The van der Waals surface area contributed by atoms with Crippen molar-refractivity contribution < 1.29 is 33.0 Å². The van der Waals surface area contributed by atoms with Crippen LogP contribution in [0.3, 0.4) is 0 Å². The third-order valence-electron chi connectivity index (χ3n) is 7.91. The van der Waals surface area contributed by atoms with Crippen molar-refractivity contribution >= 4 is 27.7 Å². The molecule has 0 aliphatic heterocycles. The molecule has 0 radical (unpaired) electrons. The monoisotopic (exact) mass is 709 g/mol. The minimum Gasteiger partial charge on any atom is -0.508 e. The summed E-state index contributed by atoms with van der Waals surface area (Å²) in [6.07, 6.45) is 0.919. The molecule has 0 saturated heterocycles. The number of hydrazine groups is 1. The lowest BCUT2D eigenvalue weighted by Gasteiger charge is -2.30. The Labute approximate surface area is 296 Å². The lowest BCUT2D eigenvalue weighted by molar-refractivity contribution is 0.0618. The average Bonchev–Trinajstić information content (AvgIpc) is 3.07. The van der Waals surface area contributed by atoms with E-state index in [1.165, 1.54) is 40.2 Å². The van der Waals surface area contributed by atoms with Crippen molar-refractivity contribution in [1.29, 1.82) is 0 Å². The zero-order chi connectivity index (χ0) is 36.8. The van der Waals surface area contributed by atoms with Gasteiger partial charge in [0.15, 0.2) is 0 Å². The third-order valence-corrected chi connectivity index (χ3v) is 9.16. The molecule has 50 heavy (non-hydrogen) atoms. The number of carbonyl (C=O) groups excluding carboxylic acids is 3. The summed E-state index contributed by atoms with van der Waals surface area (Å²) < 4.78 is 26.2. The lowest BCUT2D eigenvalue weighted by atomic mass is 9.99. The van der Waals surface area contributed by atoms with Gasteiger partial charge >= 0.3 is 0 Å². The molecule has 0 spiro atoms. The first-order chi connectivity index (χ1) is 23.8. The second kappa shape index (κ2) is 19.2. The number of sulfonamides is 1. The molecule has 3 aromatic rings. The van der Waals surface area contributed by atoms with Gasteiger partial charge in [0, 0.05) is 57.0 Å². The van der Waals surface area contributed by atoms with Crippen molar-refractivity contribution in [2.45, 2.75) is 64.4 Å². The molecule has 4 N–H and O–H groups in total. The second-order valence-electron chi connectivity index (χ2n) is 12.6. The highest BCUT2D eigenvalue weighted by Gasteiger charge is 2.28. The summed E-state index contributed by atoms with van der Waals surface area (Å²) in [6, 6.07) is 18.5. The number of carbonyl (C=O) groups is 3. The van der Waals surface area contributed by atoms with E-state index in [-0.39, 0.29) is 59.5 Å². The number of nitrogens with zero attached hydrogens (tertiary/aromatic N) is 3. The second-order valence-corrected chi connectivity index (χ2v) is 14.3. The number of phenols is 1. The number of benzene rings is 3. The van der Waals surface area contributed by atoms with Crippen molar-refractivity contribution in [3.63, 3.8) is 0 Å². The van der Waals surface area contributed by atoms with Gasteiger partial charge in [-0.25, -0.2) is 13.4 Å². The standard InChI is InChI=1S/C37H51N5O7S/c1-6-18-41(19-7-2)37(47)31-23-29(22-30(24-31)36(46)40(4)5)35(45)38-33(21-27-14-16-32(43)17-15-27)34(44)25-42(20-8-3)39-50(48,49)26-28-12-10-9-11-13-28/h9-17,22-24,33-34,39,43-44H,6-8,18-21,25-26H2,1-5H3,(H,38,45). The van der Waals surface area contributed by atoms with Gasteiger partial charge in [-0.3, -0.25) is 14.4 Å². The molecule has 0 aromatic heterocycles. The molecule has 3 aromatic carbocycles. The van der Waals surface area contributed by atoms with Crippen LogP contribution in [-0.2, 0) is 22.2 Å². The first kappa shape index (κ1) is 40.1. The Morgan fingerprint density at radius 2 is 1.32 bits per heavy atom. The van der Waals surface area contributed by atoms with E-state index in [2.05, 4.69) is 10.1 Å². The van der Waals surface area contributed by atoms with Crippen LogP contribution in [0, 0.1) is 0 Å². The van der Waals surface area contributed by atoms with Crippen LogP contribution in [0.2, 0.25) is 0 Å². The van der Waals surface area contributed by atoms with Gasteiger partial charge in [0.1, 0.15) is 5.75 Å². The normalized spacial score (nSPS) is 12.7. The molecule has 0 fully saturated rings. The Hall–Kier alpha value is -4.30. The number of hydrogen-bond acceptors (Lipinski definition) is 8. The van der Waals surface area contributed by atoms with E-state index in [9.17, 15) is 33.0 Å². The summed E-state index contributed by atoms with van der Waals surface area (Å²) in [7, 11) is -0.667. The maximum absolute atomic E-state index is 14.0. The number of hydrogen-bond donors (Lipinski definition) is 4. The van der Waals surface area contributed by atoms with Crippen LogP contribution in [0.1, 0.15) is 82.2 Å². The van der Waals surface area contributed by atoms with Gasteiger partial charge in [-0.15, -0.1) is 4.83 Å². The zero-order valence-electron chi connectivity index (χ0n) is 29.6. The zero-order valence-corrected chi connectivity index (χ0v) is 30.4. The first-order valence-corrected chi connectivity index (χ1v) is 18.6. The molecule has 0 saturated carbocycles. The van der Waals surface area contributed by atoms with Gasteiger partial charge in [0.05, 0.1) is 17.9 Å². The molecule has 2 unspecified atom stereocenters. The quantitative estimate of drug-likeness (QED) is 0.137. The molecule has 272 valence electrons. The van der Waals surface area contributed by atoms with Gasteiger partial charge < -0.3 is 25.3 Å². The maximum atomic E-state index is 14.0. The summed E-state index contributed by atoms with van der Waals surface area (Å²) in [5.41, 5.74) is 1.72. The van der Waals surface area contributed by atoms with E-state index in [0.717, 1.165) is 12.8 Å². The lowest BCUT2D eigenvalue weighted by Crippen LogP contribution is -2.53. The van der Waals surface area contributed by atoms with Crippen LogP contribution in [0.15, 0.2) is 72.8 Å². The Morgan fingerprint density at radius 1 is 0.760 bits per heavy atom. The SMILES string of the molecule is CCCN(CC(O)C(Cc1ccc(O)cc1)NC(=O)c1cc(C(=O)N(C)C)cc(C(=O)N(CCC)CCC)c1)NS(=O)(=O)Cc1ccccc1. The summed E-state index contributed by atoms with van der Waals surface area (Å²) in [4.78, 5) is 46.3. The van der Waals surface area contributed by atoms with E-state index in [4.69, 9.17) is 0 Å². The van der Waals surface area contributed by atoms with E-state index < -0.39 is 28.1 Å². The van der Waals surface area contributed by atoms with E-state index in [1.807, 2.05) is 20.8 Å². The van der Waals surface area contributed by atoms with Crippen LogP contribution in [0.4, 0.5) is 0 Å². The number of nitrogens with one attached hydrogen (secondary N) is 2. The number of rotatable bonds is 19. The average molecular weight is 710 g/mol. The molecular weight excluding hydrogens is 659 g/mol. The van der Waals surface area contributed by atoms with E-state index in [0.29, 0.717) is 30.6 Å². The fraction of sp³-hybridized carbons (Fsp3) is 0.432. The Kier molecular flexibility index (Phi) is 15.4. The van der Waals surface area contributed by atoms with Crippen molar-refractivity contribution in [3.8, 4) is 5.75 Å². The number of phenolic OH excluding ortho intramolecular Hbond substituents is 1. The van der Waals surface area contributed by atoms with Gasteiger partial charge in [-0.2, -0.15) is 0 Å². The minimum absolute atomic E-state index is 0.0524. The Balaban J connectivity index is 1.95. The van der Waals surface area contributed by atoms with E-state index >= 15 is 0 Å². The molecule has 3 amide bonds. The van der Waals surface area contributed by atoms with Crippen LogP contribution < -0.4 is 10.1 Å². The maximum Gasteiger partial charge on any atom is 0.253 e. The Bertz CT molecular complexity index is 1660. The predicted octanol–water partition coefficient (Wildman–Crippen LogP) is 3.80. The van der Waals surface area contributed by atoms with Crippen molar-refractivity contribution in [1.82, 2.24) is 25.0 Å². The Morgan fingerprint density at radius 3 is 1.88 bits per heavy atom. The largest absolute Gasteiger partial charge is 0.508 e. The molecule has 0 heterocycles. The molecule has 0 aliphatic rings. The van der Waals surface area contributed by atoms with Gasteiger partial charge in [-0.05, 0) is 67.1 Å². The first-order valence-electron chi connectivity index (χ1n) is 17.0. The highest BCUT2D eigenvalue weighted by atomic mass is 32.2. The number of aliphatic hydroxyl groups is 1. The molecule has 12 nitrogen and oxygen atoms in total. The highest BCUT2D eigenvalue weighted by Crippen LogP contribution is 2.18. The highest BCUT2D eigenvalue weighted by molar-refractivity contribution is 7.88. The smallest absolute Gasteiger partial charge is 0.253 e. The van der Waals surface area contributed by atoms with Crippen molar-refractivity contribution in [2.24, 2.45) is 0 Å². The number of aromatic hydroxyl groups is 1. The molecule has 0 aliphatic carbocycles. The summed E-state index contributed by atoms with van der Waals surface area (Å²) in [5, 5.41) is 25.7. The fourth-order valence-electron chi connectivity index (χ4n) is 5.54. The van der Waals surface area contributed by atoms with Crippen LogP contribution in [-0.4, -0.2) is 104 Å². The third kappa shape index (κ3) is 12.2. The van der Waals surface area contributed by atoms with Crippen LogP contribution in [0.5, 0.6) is 5.75 Å². The van der Waals surface area contributed by atoms with Crippen LogP contribution >= 0.6 is 0 Å². The minimum atomic E-state index is -3.83. The number of amides is 3. The summed E-state index contributed by atoms with van der Waals surface area (Å²) in [6.45, 7) is 6.98. The van der Waals surface area contributed by atoms with Crippen molar-refractivity contribution in [2.75, 3.05) is 40.3 Å². The van der Waals surface area contributed by atoms with Gasteiger partial charge in [0.25, 0.3) is 17.7 Å².